The van der Waals surface area contributed by atoms with Crippen molar-refractivity contribution in [3.63, 3.8) is 0 Å². The quantitative estimate of drug-likeness (QED) is 0.284. The molecular weight excluding hydrogens is 206 g/mol. The summed E-state index contributed by atoms with van der Waals surface area (Å²) in [5.41, 5.74) is 0. The summed E-state index contributed by atoms with van der Waals surface area (Å²) in [7, 11) is 1.07. The fourth-order valence-corrected chi connectivity index (χ4v) is 1.27. The van der Waals surface area contributed by atoms with Gasteiger partial charge in [-0.25, -0.2) is 4.79 Å². The number of hydrogen-bond donors (Lipinski definition) is 1. The molecule has 0 aliphatic carbocycles. The highest BCUT2D eigenvalue weighted by Gasteiger charge is 2.42. The third-order valence-corrected chi connectivity index (χ3v) is 2.01. The van der Waals surface area contributed by atoms with Crippen LogP contribution in [0.4, 0.5) is 0 Å². The minimum Gasteiger partial charge on any atom is -0.464 e. The average molecular weight is 217 g/mol. The van der Waals surface area contributed by atoms with Crippen molar-refractivity contribution < 1.29 is 24.3 Å². The van der Waals surface area contributed by atoms with Gasteiger partial charge in [0.1, 0.15) is 0 Å². The van der Waals surface area contributed by atoms with Crippen molar-refractivity contribution in [1.29, 1.82) is 0 Å². The van der Waals surface area contributed by atoms with E-state index >= 15 is 0 Å². The summed E-state index contributed by atoms with van der Waals surface area (Å²) in [6.45, 7) is -0.279. The van der Waals surface area contributed by atoms with Crippen molar-refractivity contribution >= 4 is 5.97 Å². The monoisotopic (exact) mass is 217 g/mol. The number of aliphatic hydroxyl groups excluding tert-OH is 1. The van der Waals surface area contributed by atoms with Gasteiger partial charge >= 0.3 is 12.0 Å². The lowest BCUT2D eigenvalue weighted by molar-refractivity contribution is -0.520. The predicted molar refractivity (Wildman–Crippen MR) is 47.7 cm³/mol. The molecule has 2 unspecified atom stereocenters. The largest absolute Gasteiger partial charge is 0.464 e. The van der Waals surface area contributed by atoms with Crippen LogP contribution in [-0.4, -0.2) is 48.0 Å². The van der Waals surface area contributed by atoms with E-state index in [4.69, 9.17) is 9.84 Å². The van der Waals surface area contributed by atoms with Crippen LogP contribution in [0.5, 0.6) is 0 Å². The highest BCUT2D eigenvalue weighted by molar-refractivity contribution is 5.75. The molecule has 0 amide bonds. The molecule has 3 atom stereocenters. The highest BCUT2D eigenvalue weighted by Crippen LogP contribution is 2.16. The van der Waals surface area contributed by atoms with Crippen LogP contribution in [0.3, 0.4) is 0 Å². The molecule has 0 aromatic carbocycles. The van der Waals surface area contributed by atoms with Gasteiger partial charge in [-0.15, -0.1) is 0 Å². The molecule has 1 heterocycles. The second kappa shape index (κ2) is 4.85. The van der Waals surface area contributed by atoms with E-state index in [1.807, 2.05) is 0 Å². The third-order valence-electron chi connectivity index (χ3n) is 2.01. The van der Waals surface area contributed by atoms with Crippen molar-refractivity contribution in [3.8, 4) is 0 Å². The first-order valence-corrected chi connectivity index (χ1v) is 4.26. The molecule has 0 bridgehead atoms. The topological polar surface area (TPSA) is 98.9 Å². The van der Waals surface area contributed by atoms with Gasteiger partial charge in [-0.05, 0) is 6.08 Å². The Bertz CT molecular complexity index is 289. The fraction of sp³-hybridized carbons (Fsp3) is 0.625. The third kappa shape index (κ3) is 2.51. The number of aliphatic hydroxyl groups is 1. The van der Waals surface area contributed by atoms with Gasteiger partial charge in [-0.1, -0.05) is 6.08 Å². The van der Waals surface area contributed by atoms with E-state index in [1.165, 1.54) is 12.2 Å². The molecule has 0 fully saturated rings. The van der Waals surface area contributed by atoms with Crippen LogP contribution in [0, 0.1) is 10.1 Å². The SMILES string of the molecule is COC(=O)C(C1C=C[C@H](CO)O1)[N+](=O)[O-]. The molecule has 1 aliphatic heterocycles. The van der Waals surface area contributed by atoms with E-state index in [-0.39, 0.29) is 6.61 Å². The molecular formula is C8H11NO6. The molecule has 7 nitrogen and oxygen atoms in total. The van der Waals surface area contributed by atoms with E-state index in [1.54, 1.807) is 0 Å². The minimum atomic E-state index is -1.58. The van der Waals surface area contributed by atoms with Gasteiger partial charge in [-0.2, -0.15) is 0 Å². The molecule has 84 valence electrons. The number of esters is 1. The van der Waals surface area contributed by atoms with Crippen LogP contribution < -0.4 is 0 Å². The lowest BCUT2D eigenvalue weighted by Gasteiger charge is -2.14. The number of ether oxygens (including phenoxy) is 2. The summed E-state index contributed by atoms with van der Waals surface area (Å²) in [6.07, 6.45) is 1.28. The van der Waals surface area contributed by atoms with E-state index in [9.17, 15) is 14.9 Å². The minimum absolute atomic E-state index is 0.279. The van der Waals surface area contributed by atoms with Crippen molar-refractivity contribution in [2.75, 3.05) is 13.7 Å². The zero-order chi connectivity index (χ0) is 11.4. The molecule has 1 N–H and O–H groups in total. The Kier molecular flexibility index (Phi) is 3.75. The Labute approximate surface area is 85.4 Å². The maximum absolute atomic E-state index is 11.1. The standard InChI is InChI=1S/C8H11NO6/c1-14-8(11)7(9(12)13)6-3-2-5(4-10)15-6/h2-3,5-7,10H,4H2,1H3/t5-,6?,7?/m1/s1. The molecule has 0 saturated carbocycles. The molecule has 1 aliphatic rings. The number of methoxy groups -OCH3 is 1. The lowest BCUT2D eigenvalue weighted by Crippen LogP contribution is -2.41. The number of rotatable bonds is 4. The Hall–Kier alpha value is -1.47. The summed E-state index contributed by atoms with van der Waals surface area (Å²) in [4.78, 5) is 20.9. The van der Waals surface area contributed by atoms with Gasteiger partial charge in [0.25, 0.3) is 0 Å². The smallest absolute Gasteiger partial charge is 0.384 e. The average Bonchev–Trinajstić information content (AvgIpc) is 2.65. The number of carbonyl (C=O) groups is 1. The normalized spacial score (nSPS) is 26.3. The molecule has 7 heteroatoms. The van der Waals surface area contributed by atoms with Crippen molar-refractivity contribution in [3.05, 3.63) is 22.3 Å². The Morgan fingerprint density at radius 1 is 1.73 bits per heavy atom. The number of nitro groups is 1. The van der Waals surface area contributed by atoms with Gasteiger partial charge in [0.15, 0.2) is 6.10 Å². The maximum Gasteiger partial charge on any atom is 0.384 e. The van der Waals surface area contributed by atoms with Crippen LogP contribution >= 0.6 is 0 Å². The summed E-state index contributed by atoms with van der Waals surface area (Å²) in [6, 6.07) is -1.58. The molecule has 0 saturated heterocycles. The van der Waals surface area contributed by atoms with Crippen molar-refractivity contribution in [2.24, 2.45) is 0 Å². The highest BCUT2D eigenvalue weighted by atomic mass is 16.6. The Balaban J connectivity index is 2.71. The Morgan fingerprint density at radius 2 is 2.40 bits per heavy atom. The van der Waals surface area contributed by atoms with Gasteiger partial charge in [0, 0.05) is 4.92 Å². The van der Waals surface area contributed by atoms with Crippen molar-refractivity contribution in [2.45, 2.75) is 18.2 Å². The Morgan fingerprint density at radius 3 is 2.80 bits per heavy atom. The van der Waals surface area contributed by atoms with Gasteiger partial charge < -0.3 is 14.6 Å². The second-order valence-corrected chi connectivity index (χ2v) is 2.96. The van der Waals surface area contributed by atoms with Gasteiger partial charge in [-0.3, -0.25) is 10.1 Å². The van der Waals surface area contributed by atoms with E-state index in [0.29, 0.717) is 0 Å². The van der Waals surface area contributed by atoms with E-state index in [0.717, 1.165) is 7.11 Å². The number of carbonyl (C=O) groups excluding carboxylic acids is 1. The van der Waals surface area contributed by atoms with E-state index in [2.05, 4.69) is 4.74 Å². The maximum atomic E-state index is 11.1. The van der Waals surface area contributed by atoms with Crippen LogP contribution in [0.15, 0.2) is 12.2 Å². The van der Waals surface area contributed by atoms with E-state index < -0.39 is 29.1 Å². The molecule has 0 spiro atoms. The van der Waals surface area contributed by atoms with Crippen LogP contribution in [0.1, 0.15) is 0 Å². The summed E-state index contributed by atoms with van der Waals surface area (Å²) in [5, 5.41) is 19.3. The number of hydrogen-bond acceptors (Lipinski definition) is 6. The predicted octanol–water partition coefficient (Wildman–Crippen LogP) is -0.879. The van der Waals surface area contributed by atoms with Crippen LogP contribution in [-0.2, 0) is 14.3 Å². The van der Waals surface area contributed by atoms with Crippen molar-refractivity contribution in [1.82, 2.24) is 0 Å². The molecule has 15 heavy (non-hydrogen) atoms. The summed E-state index contributed by atoms with van der Waals surface area (Å²) < 4.78 is 9.35. The summed E-state index contributed by atoms with van der Waals surface area (Å²) in [5.74, 6) is -0.965. The molecule has 0 radical (unpaired) electrons. The molecule has 0 aromatic rings. The fourth-order valence-electron chi connectivity index (χ4n) is 1.27. The van der Waals surface area contributed by atoms with Gasteiger partial charge in [0.05, 0.1) is 19.8 Å². The van der Waals surface area contributed by atoms with Crippen LogP contribution in [0.2, 0.25) is 0 Å². The second-order valence-electron chi connectivity index (χ2n) is 2.96. The van der Waals surface area contributed by atoms with Gasteiger partial charge in [0.2, 0.25) is 0 Å². The zero-order valence-electron chi connectivity index (χ0n) is 8.03. The number of nitrogens with zero attached hydrogens (tertiary/aromatic N) is 1. The molecule has 0 aromatic heterocycles. The summed E-state index contributed by atoms with van der Waals surface area (Å²) >= 11 is 0. The first-order valence-electron chi connectivity index (χ1n) is 4.26. The molecule has 1 rings (SSSR count). The first kappa shape index (κ1) is 11.6. The first-order chi connectivity index (χ1) is 7.10. The zero-order valence-corrected chi connectivity index (χ0v) is 8.03. The lowest BCUT2D eigenvalue weighted by atomic mass is 10.2. The van der Waals surface area contributed by atoms with Crippen LogP contribution in [0.25, 0.3) is 0 Å².